The maximum atomic E-state index is 12.8. The van der Waals surface area contributed by atoms with Gasteiger partial charge in [0.1, 0.15) is 5.92 Å². The quantitative estimate of drug-likeness (QED) is 0.780. The third kappa shape index (κ3) is 3.80. The van der Waals surface area contributed by atoms with E-state index >= 15 is 0 Å². The van der Waals surface area contributed by atoms with Crippen molar-refractivity contribution in [3.63, 3.8) is 0 Å². The molecule has 0 saturated carbocycles. The summed E-state index contributed by atoms with van der Waals surface area (Å²) in [5.41, 5.74) is -0.152. The fourth-order valence-electron chi connectivity index (χ4n) is 3.74. The van der Waals surface area contributed by atoms with E-state index in [0.29, 0.717) is 12.5 Å². The molecular formula is C17H29N3O2. The predicted molar refractivity (Wildman–Crippen MR) is 85.2 cm³/mol. The second kappa shape index (κ2) is 7.43. The van der Waals surface area contributed by atoms with E-state index in [2.05, 4.69) is 31.7 Å². The van der Waals surface area contributed by atoms with E-state index in [0.717, 1.165) is 52.1 Å². The summed E-state index contributed by atoms with van der Waals surface area (Å²) in [6, 6.07) is 2.60. The number of morpholine rings is 1. The lowest BCUT2D eigenvalue weighted by Crippen LogP contribution is -2.52. The number of nitriles is 1. The van der Waals surface area contributed by atoms with Gasteiger partial charge in [-0.05, 0) is 39.5 Å². The van der Waals surface area contributed by atoms with E-state index in [9.17, 15) is 10.1 Å². The van der Waals surface area contributed by atoms with Gasteiger partial charge in [0.05, 0.1) is 19.3 Å². The Bertz CT molecular complexity index is 424. The van der Waals surface area contributed by atoms with Gasteiger partial charge in [-0.2, -0.15) is 5.26 Å². The molecule has 124 valence electrons. The van der Waals surface area contributed by atoms with Crippen LogP contribution in [0, 0.1) is 17.2 Å². The summed E-state index contributed by atoms with van der Waals surface area (Å²) < 4.78 is 5.40. The van der Waals surface area contributed by atoms with Crippen LogP contribution in [0.15, 0.2) is 0 Å². The van der Waals surface area contributed by atoms with E-state index in [-0.39, 0.29) is 11.4 Å². The largest absolute Gasteiger partial charge is 0.379 e. The smallest absolute Gasteiger partial charge is 0.240 e. The summed E-state index contributed by atoms with van der Waals surface area (Å²) in [5, 5.41) is 9.54. The van der Waals surface area contributed by atoms with Crippen LogP contribution in [0.1, 0.15) is 46.5 Å². The molecule has 2 rings (SSSR count). The fraction of sp³-hybridized carbons (Fsp3) is 0.882. The number of hydrogen-bond donors (Lipinski definition) is 0. The van der Waals surface area contributed by atoms with Gasteiger partial charge < -0.3 is 9.64 Å². The predicted octanol–water partition coefficient (Wildman–Crippen LogP) is 2.03. The standard InChI is InChI=1S/C17H29N3O2/c1-4-15-6-5-7-20(15)16(21)14(13-18)12-17(2,3)19-8-10-22-11-9-19/h14-15H,4-12H2,1-3H3. The molecule has 0 bridgehead atoms. The monoisotopic (exact) mass is 307 g/mol. The van der Waals surface area contributed by atoms with Crippen LogP contribution in [0.3, 0.4) is 0 Å². The van der Waals surface area contributed by atoms with E-state index < -0.39 is 5.92 Å². The van der Waals surface area contributed by atoms with Gasteiger partial charge in [0.25, 0.3) is 0 Å². The van der Waals surface area contributed by atoms with Gasteiger partial charge in [0.15, 0.2) is 0 Å². The van der Waals surface area contributed by atoms with Crippen molar-refractivity contribution in [2.75, 3.05) is 32.8 Å². The van der Waals surface area contributed by atoms with Crippen molar-refractivity contribution in [2.45, 2.75) is 58.0 Å². The molecule has 2 aliphatic heterocycles. The molecule has 1 amide bonds. The van der Waals surface area contributed by atoms with E-state index in [1.54, 1.807) is 0 Å². The second-order valence-corrected chi connectivity index (χ2v) is 7.03. The van der Waals surface area contributed by atoms with Crippen LogP contribution in [-0.2, 0) is 9.53 Å². The van der Waals surface area contributed by atoms with Gasteiger partial charge in [-0.15, -0.1) is 0 Å². The van der Waals surface area contributed by atoms with Crippen LogP contribution in [0.4, 0.5) is 0 Å². The number of amides is 1. The molecule has 0 aromatic carbocycles. The van der Waals surface area contributed by atoms with Crippen molar-refractivity contribution >= 4 is 5.91 Å². The zero-order valence-electron chi connectivity index (χ0n) is 14.2. The summed E-state index contributed by atoms with van der Waals surface area (Å²) in [6.45, 7) is 10.4. The van der Waals surface area contributed by atoms with Crippen molar-refractivity contribution in [3.05, 3.63) is 0 Å². The summed E-state index contributed by atoms with van der Waals surface area (Å²) >= 11 is 0. The molecule has 2 aliphatic rings. The Hall–Kier alpha value is -1.12. The average molecular weight is 307 g/mol. The molecule has 0 N–H and O–H groups in total. The van der Waals surface area contributed by atoms with Gasteiger partial charge in [0, 0.05) is 31.2 Å². The highest BCUT2D eigenvalue weighted by atomic mass is 16.5. The first kappa shape index (κ1) is 17.2. The summed E-state index contributed by atoms with van der Waals surface area (Å²) in [7, 11) is 0. The Morgan fingerprint density at radius 3 is 2.64 bits per heavy atom. The molecule has 2 unspecified atom stereocenters. The van der Waals surface area contributed by atoms with E-state index in [1.807, 2.05) is 4.90 Å². The number of carbonyl (C=O) groups excluding carboxylic acids is 1. The van der Waals surface area contributed by atoms with Crippen molar-refractivity contribution in [2.24, 2.45) is 5.92 Å². The molecule has 2 heterocycles. The van der Waals surface area contributed by atoms with Gasteiger partial charge in [0.2, 0.25) is 5.91 Å². The summed E-state index contributed by atoms with van der Waals surface area (Å²) in [6.07, 6.45) is 3.72. The SMILES string of the molecule is CCC1CCCN1C(=O)C(C#N)CC(C)(C)N1CCOCC1. The maximum Gasteiger partial charge on any atom is 0.240 e. The maximum absolute atomic E-state index is 12.8. The molecule has 0 spiro atoms. The van der Waals surface area contributed by atoms with Crippen LogP contribution < -0.4 is 0 Å². The van der Waals surface area contributed by atoms with Crippen LogP contribution in [0.2, 0.25) is 0 Å². The number of rotatable bonds is 5. The molecule has 0 aromatic rings. The third-order valence-electron chi connectivity index (χ3n) is 5.16. The molecule has 0 radical (unpaired) electrons. The van der Waals surface area contributed by atoms with Gasteiger partial charge in [-0.3, -0.25) is 9.69 Å². The third-order valence-corrected chi connectivity index (χ3v) is 5.16. The molecular weight excluding hydrogens is 278 g/mol. The van der Waals surface area contributed by atoms with Crippen molar-refractivity contribution < 1.29 is 9.53 Å². The molecule has 22 heavy (non-hydrogen) atoms. The van der Waals surface area contributed by atoms with E-state index in [1.165, 1.54) is 0 Å². The zero-order valence-corrected chi connectivity index (χ0v) is 14.2. The van der Waals surface area contributed by atoms with Crippen LogP contribution in [0.5, 0.6) is 0 Å². The van der Waals surface area contributed by atoms with Crippen molar-refractivity contribution in [1.82, 2.24) is 9.80 Å². The highest BCUT2D eigenvalue weighted by molar-refractivity contribution is 5.82. The first-order chi connectivity index (χ1) is 10.5. The lowest BCUT2D eigenvalue weighted by molar-refractivity contribution is -0.136. The molecule has 2 saturated heterocycles. The first-order valence-corrected chi connectivity index (χ1v) is 8.52. The summed E-state index contributed by atoms with van der Waals surface area (Å²) in [5.74, 6) is -0.502. The Kier molecular flexibility index (Phi) is 5.82. The van der Waals surface area contributed by atoms with Gasteiger partial charge in [-0.25, -0.2) is 0 Å². The second-order valence-electron chi connectivity index (χ2n) is 7.03. The Labute approximate surface area is 134 Å². The number of carbonyl (C=O) groups is 1. The fourth-order valence-corrected chi connectivity index (χ4v) is 3.74. The van der Waals surface area contributed by atoms with Crippen molar-refractivity contribution in [1.29, 1.82) is 5.26 Å². The van der Waals surface area contributed by atoms with Gasteiger partial charge in [-0.1, -0.05) is 6.92 Å². The van der Waals surface area contributed by atoms with E-state index in [4.69, 9.17) is 4.74 Å². The highest BCUT2D eigenvalue weighted by Crippen LogP contribution is 2.28. The number of ether oxygens (including phenoxy) is 1. The minimum absolute atomic E-state index is 0.0354. The number of likely N-dealkylation sites (tertiary alicyclic amines) is 1. The molecule has 5 heteroatoms. The minimum atomic E-state index is -0.537. The molecule has 2 atom stereocenters. The highest BCUT2D eigenvalue weighted by Gasteiger charge is 2.37. The van der Waals surface area contributed by atoms with Gasteiger partial charge >= 0.3 is 0 Å². The normalized spacial score (nSPS) is 25.0. The molecule has 0 aliphatic carbocycles. The van der Waals surface area contributed by atoms with Crippen LogP contribution in [0.25, 0.3) is 0 Å². The molecule has 0 aromatic heterocycles. The Morgan fingerprint density at radius 1 is 1.36 bits per heavy atom. The van der Waals surface area contributed by atoms with Crippen molar-refractivity contribution in [3.8, 4) is 6.07 Å². The zero-order chi connectivity index (χ0) is 16.2. The van der Waals surface area contributed by atoms with Crippen LogP contribution >= 0.6 is 0 Å². The summed E-state index contributed by atoms with van der Waals surface area (Å²) in [4.78, 5) is 17.1. The molecule has 5 nitrogen and oxygen atoms in total. The Morgan fingerprint density at radius 2 is 2.05 bits per heavy atom. The molecule has 2 fully saturated rings. The lowest BCUT2D eigenvalue weighted by Gasteiger charge is -2.42. The lowest BCUT2D eigenvalue weighted by atomic mass is 9.88. The van der Waals surface area contributed by atoms with Crippen LogP contribution in [-0.4, -0.2) is 60.1 Å². The minimum Gasteiger partial charge on any atom is -0.379 e. The first-order valence-electron chi connectivity index (χ1n) is 8.52. The topological polar surface area (TPSA) is 56.6 Å². The number of hydrogen-bond acceptors (Lipinski definition) is 4. The Balaban J connectivity index is 2.01. The number of nitrogens with zero attached hydrogens (tertiary/aromatic N) is 3. The average Bonchev–Trinajstić information content (AvgIpc) is 3.01.